The van der Waals surface area contributed by atoms with E-state index in [9.17, 15) is 9.59 Å². The highest BCUT2D eigenvalue weighted by atomic mass is 16.5. The second-order valence-corrected chi connectivity index (χ2v) is 4.29. The molecule has 1 aromatic carbocycles. The molecule has 0 fully saturated rings. The summed E-state index contributed by atoms with van der Waals surface area (Å²) in [5.41, 5.74) is 0.501. The average Bonchev–Trinajstić information content (AvgIpc) is 2.42. The maximum Gasteiger partial charge on any atom is 0.341 e. The number of carbonyl (C=O) groups excluding carboxylic acids is 1. The highest BCUT2D eigenvalue weighted by Gasteiger charge is 2.12. The molecule has 104 valence electrons. The minimum atomic E-state index is -1.04. The standard InChI is InChI=1S/C14H19NO4/c1-3-4-8-15(2)14(18)11-6-5-7-12(9-11)19-10-13(16)17/h5-7,9H,3-4,8,10H2,1-2H3,(H,16,17). The van der Waals surface area contributed by atoms with Crippen molar-refractivity contribution in [2.24, 2.45) is 0 Å². The number of carbonyl (C=O) groups is 2. The number of aliphatic carboxylic acids is 1. The number of unbranched alkanes of at least 4 members (excludes halogenated alkanes) is 1. The Morgan fingerprint density at radius 3 is 2.74 bits per heavy atom. The van der Waals surface area contributed by atoms with Crippen LogP contribution in [-0.4, -0.2) is 42.1 Å². The quantitative estimate of drug-likeness (QED) is 0.819. The summed E-state index contributed by atoms with van der Waals surface area (Å²) in [5, 5.41) is 8.54. The molecule has 0 atom stereocenters. The zero-order valence-corrected chi connectivity index (χ0v) is 11.3. The van der Waals surface area contributed by atoms with Gasteiger partial charge in [-0.3, -0.25) is 4.79 Å². The van der Waals surface area contributed by atoms with Crippen LogP contribution in [-0.2, 0) is 4.79 Å². The minimum Gasteiger partial charge on any atom is -0.482 e. The Morgan fingerprint density at radius 2 is 2.11 bits per heavy atom. The number of carboxylic acids is 1. The Bertz CT molecular complexity index is 445. The smallest absolute Gasteiger partial charge is 0.341 e. The Kier molecular flexibility index (Phi) is 5.85. The molecule has 0 unspecified atom stereocenters. The molecule has 0 radical (unpaired) electrons. The van der Waals surface area contributed by atoms with E-state index in [4.69, 9.17) is 9.84 Å². The lowest BCUT2D eigenvalue weighted by molar-refractivity contribution is -0.139. The van der Waals surface area contributed by atoms with Crippen molar-refractivity contribution in [1.29, 1.82) is 0 Å². The predicted octanol–water partition coefficient (Wildman–Crippen LogP) is 2.02. The van der Waals surface area contributed by atoms with E-state index in [0.29, 0.717) is 17.9 Å². The van der Waals surface area contributed by atoms with E-state index in [1.165, 1.54) is 0 Å². The number of ether oxygens (including phenoxy) is 1. The second kappa shape index (κ2) is 7.41. The third-order valence-corrected chi connectivity index (χ3v) is 2.64. The van der Waals surface area contributed by atoms with Gasteiger partial charge in [-0.05, 0) is 24.6 Å². The summed E-state index contributed by atoms with van der Waals surface area (Å²) in [6, 6.07) is 6.57. The molecule has 0 saturated carbocycles. The monoisotopic (exact) mass is 265 g/mol. The van der Waals surface area contributed by atoms with Crippen molar-refractivity contribution in [3.63, 3.8) is 0 Å². The first-order valence-corrected chi connectivity index (χ1v) is 6.24. The van der Waals surface area contributed by atoms with Gasteiger partial charge in [0.25, 0.3) is 5.91 Å². The summed E-state index contributed by atoms with van der Waals surface area (Å²) in [5.74, 6) is -0.747. The van der Waals surface area contributed by atoms with E-state index in [2.05, 4.69) is 6.92 Å². The van der Waals surface area contributed by atoms with Crippen molar-refractivity contribution >= 4 is 11.9 Å². The van der Waals surface area contributed by atoms with Gasteiger partial charge in [0.15, 0.2) is 6.61 Å². The van der Waals surface area contributed by atoms with Crippen molar-refractivity contribution in [1.82, 2.24) is 4.90 Å². The summed E-state index contributed by atoms with van der Waals surface area (Å²) in [7, 11) is 1.75. The SMILES string of the molecule is CCCCN(C)C(=O)c1cccc(OCC(=O)O)c1. The molecule has 0 heterocycles. The van der Waals surface area contributed by atoms with Gasteiger partial charge in [-0.2, -0.15) is 0 Å². The number of hydrogen-bond donors (Lipinski definition) is 1. The lowest BCUT2D eigenvalue weighted by atomic mass is 10.2. The number of rotatable bonds is 7. The van der Waals surface area contributed by atoms with E-state index in [0.717, 1.165) is 12.8 Å². The Balaban J connectivity index is 2.69. The molecule has 0 aliphatic rings. The van der Waals surface area contributed by atoms with Gasteiger partial charge in [0.2, 0.25) is 0 Å². The highest BCUT2D eigenvalue weighted by Crippen LogP contribution is 2.14. The lowest BCUT2D eigenvalue weighted by Crippen LogP contribution is -2.27. The molecule has 5 heteroatoms. The molecular formula is C14H19NO4. The molecule has 1 rings (SSSR count). The fourth-order valence-corrected chi connectivity index (χ4v) is 1.58. The number of hydrogen-bond acceptors (Lipinski definition) is 3. The Labute approximate surface area is 112 Å². The van der Waals surface area contributed by atoms with Crippen LogP contribution in [0, 0.1) is 0 Å². The van der Waals surface area contributed by atoms with Gasteiger partial charge >= 0.3 is 5.97 Å². The minimum absolute atomic E-state index is 0.0887. The normalized spacial score (nSPS) is 10.0. The van der Waals surface area contributed by atoms with E-state index < -0.39 is 12.6 Å². The van der Waals surface area contributed by atoms with Gasteiger partial charge in [0.05, 0.1) is 0 Å². The predicted molar refractivity (Wildman–Crippen MR) is 71.4 cm³/mol. The number of amides is 1. The average molecular weight is 265 g/mol. The van der Waals surface area contributed by atoms with Crippen LogP contribution in [0.3, 0.4) is 0 Å². The second-order valence-electron chi connectivity index (χ2n) is 4.29. The van der Waals surface area contributed by atoms with Crippen LogP contribution in [0.4, 0.5) is 0 Å². The van der Waals surface area contributed by atoms with Crippen molar-refractivity contribution in [2.45, 2.75) is 19.8 Å². The summed E-state index contributed by atoms with van der Waals surface area (Å²) in [6.07, 6.45) is 1.98. The van der Waals surface area contributed by atoms with Gasteiger partial charge in [0, 0.05) is 19.2 Å². The van der Waals surface area contributed by atoms with Crippen LogP contribution in [0.1, 0.15) is 30.1 Å². The fraction of sp³-hybridized carbons (Fsp3) is 0.429. The first-order chi connectivity index (χ1) is 9.04. The molecule has 5 nitrogen and oxygen atoms in total. The summed E-state index contributed by atoms with van der Waals surface area (Å²) >= 11 is 0. The molecule has 19 heavy (non-hydrogen) atoms. The fourth-order valence-electron chi connectivity index (χ4n) is 1.58. The highest BCUT2D eigenvalue weighted by molar-refractivity contribution is 5.94. The number of benzene rings is 1. The third-order valence-electron chi connectivity index (χ3n) is 2.64. The first kappa shape index (κ1) is 15.0. The van der Waals surface area contributed by atoms with Crippen LogP contribution < -0.4 is 4.74 Å². The topological polar surface area (TPSA) is 66.8 Å². The van der Waals surface area contributed by atoms with Gasteiger partial charge in [-0.15, -0.1) is 0 Å². The molecule has 0 bridgehead atoms. The van der Waals surface area contributed by atoms with Gasteiger partial charge in [-0.1, -0.05) is 19.4 Å². The van der Waals surface area contributed by atoms with Crippen LogP contribution in [0.25, 0.3) is 0 Å². The largest absolute Gasteiger partial charge is 0.482 e. The zero-order chi connectivity index (χ0) is 14.3. The van der Waals surface area contributed by atoms with Crippen molar-refractivity contribution < 1.29 is 19.4 Å². The Hall–Kier alpha value is -2.04. The molecular weight excluding hydrogens is 246 g/mol. The van der Waals surface area contributed by atoms with Crippen LogP contribution in [0.2, 0.25) is 0 Å². The summed E-state index contributed by atoms with van der Waals surface area (Å²) < 4.78 is 5.05. The van der Waals surface area contributed by atoms with Gasteiger partial charge in [-0.25, -0.2) is 4.79 Å². The van der Waals surface area contributed by atoms with Crippen molar-refractivity contribution in [3.8, 4) is 5.75 Å². The van der Waals surface area contributed by atoms with Crippen LogP contribution in [0.15, 0.2) is 24.3 Å². The maximum atomic E-state index is 12.1. The molecule has 0 aromatic heterocycles. The molecule has 1 N–H and O–H groups in total. The third kappa shape index (κ3) is 4.99. The molecule has 0 spiro atoms. The maximum absolute atomic E-state index is 12.1. The molecule has 0 aliphatic carbocycles. The van der Waals surface area contributed by atoms with Crippen molar-refractivity contribution in [3.05, 3.63) is 29.8 Å². The van der Waals surface area contributed by atoms with Crippen LogP contribution in [0.5, 0.6) is 5.75 Å². The molecule has 0 saturated heterocycles. The Morgan fingerprint density at radius 1 is 1.37 bits per heavy atom. The molecule has 0 aliphatic heterocycles. The summed E-state index contributed by atoms with van der Waals surface area (Å²) in [4.78, 5) is 24.2. The van der Waals surface area contributed by atoms with Gasteiger partial charge < -0.3 is 14.7 Å². The van der Waals surface area contributed by atoms with Crippen LogP contribution >= 0.6 is 0 Å². The zero-order valence-electron chi connectivity index (χ0n) is 11.3. The van der Waals surface area contributed by atoms with E-state index in [1.54, 1.807) is 36.2 Å². The number of nitrogens with zero attached hydrogens (tertiary/aromatic N) is 1. The summed E-state index contributed by atoms with van der Waals surface area (Å²) in [6.45, 7) is 2.36. The van der Waals surface area contributed by atoms with Crippen molar-refractivity contribution in [2.75, 3.05) is 20.2 Å². The van der Waals surface area contributed by atoms with E-state index >= 15 is 0 Å². The molecule has 1 amide bonds. The molecule has 1 aromatic rings. The number of carboxylic acid groups (broad SMARTS) is 1. The lowest BCUT2D eigenvalue weighted by Gasteiger charge is -2.17. The van der Waals surface area contributed by atoms with E-state index in [1.807, 2.05) is 0 Å². The van der Waals surface area contributed by atoms with E-state index in [-0.39, 0.29) is 5.91 Å². The first-order valence-electron chi connectivity index (χ1n) is 6.24. The van der Waals surface area contributed by atoms with Gasteiger partial charge in [0.1, 0.15) is 5.75 Å².